The van der Waals surface area contributed by atoms with E-state index in [1.807, 2.05) is 37.5 Å². The van der Waals surface area contributed by atoms with Crippen LogP contribution in [0.1, 0.15) is 12.5 Å². The molecule has 6 heteroatoms. The van der Waals surface area contributed by atoms with E-state index in [2.05, 4.69) is 20.2 Å². The van der Waals surface area contributed by atoms with Gasteiger partial charge in [0.2, 0.25) is 0 Å². The Balaban J connectivity index is 0.00000264. The van der Waals surface area contributed by atoms with Crippen LogP contribution < -0.4 is 10.6 Å². The molecule has 0 saturated heterocycles. The number of hydrogen-bond acceptors (Lipinski definition) is 1. The average molecular weight is 430 g/mol. The zero-order valence-electron chi connectivity index (χ0n) is 13.3. The lowest BCUT2D eigenvalue weighted by Gasteiger charge is -2.11. The van der Waals surface area contributed by atoms with Crippen molar-refractivity contribution in [2.75, 3.05) is 19.6 Å². The van der Waals surface area contributed by atoms with Crippen molar-refractivity contribution in [3.8, 4) is 0 Å². The predicted octanol–water partition coefficient (Wildman–Crippen LogP) is 3.04. The molecule has 1 aromatic heterocycles. The van der Waals surface area contributed by atoms with Gasteiger partial charge in [-0.15, -0.1) is 24.0 Å². The minimum absolute atomic E-state index is 0. The maximum atomic E-state index is 13.1. The topological polar surface area (TPSA) is 41.4 Å². The molecular formula is C17H24FIN4. The molecule has 0 atom stereocenters. The van der Waals surface area contributed by atoms with Gasteiger partial charge in [0.05, 0.1) is 0 Å². The summed E-state index contributed by atoms with van der Waals surface area (Å²) in [5, 5.41) is 6.52. The molecule has 2 N–H and O–H groups in total. The monoisotopic (exact) mass is 430 g/mol. The maximum Gasteiger partial charge on any atom is 0.191 e. The molecule has 1 heterocycles. The lowest BCUT2D eigenvalue weighted by Crippen LogP contribution is -2.39. The van der Waals surface area contributed by atoms with E-state index >= 15 is 0 Å². The molecule has 0 amide bonds. The van der Waals surface area contributed by atoms with E-state index in [4.69, 9.17) is 0 Å². The average Bonchev–Trinajstić information content (AvgIpc) is 3.01. The van der Waals surface area contributed by atoms with Crippen LogP contribution in [0.15, 0.2) is 53.8 Å². The summed E-state index contributed by atoms with van der Waals surface area (Å²) in [4.78, 5) is 4.52. The van der Waals surface area contributed by atoms with Crippen molar-refractivity contribution in [2.24, 2.45) is 4.99 Å². The molecule has 0 saturated carbocycles. The van der Waals surface area contributed by atoms with Gasteiger partial charge in [0.15, 0.2) is 5.96 Å². The minimum Gasteiger partial charge on any atom is -0.357 e. The van der Waals surface area contributed by atoms with Gasteiger partial charge in [-0.1, -0.05) is 12.1 Å². The Morgan fingerprint density at radius 2 is 1.96 bits per heavy atom. The van der Waals surface area contributed by atoms with Crippen LogP contribution in [0.2, 0.25) is 0 Å². The second-order valence-electron chi connectivity index (χ2n) is 4.99. The van der Waals surface area contributed by atoms with Gasteiger partial charge in [0, 0.05) is 38.6 Å². The van der Waals surface area contributed by atoms with Crippen LogP contribution in [-0.4, -0.2) is 30.2 Å². The van der Waals surface area contributed by atoms with Gasteiger partial charge in [-0.05, 0) is 43.2 Å². The van der Waals surface area contributed by atoms with Gasteiger partial charge in [-0.2, -0.15) is 0 Å². The lowest BCUT2D eigenvalue weighted by molar-refractivity contribution is 0.625. The summed E-state index contributed by atoms with van der Waals surface area (Å²) in [6.07, 6.45) is 4.80. The van der Waals surface area contributed by atoms with Crippen molar-refractivity contribution < 1.29 is 4.39 Å². The van der Waals surface area contributed by atoms with Gasteiger partial charge >= 0.3 is 0 Å². The van der Waals surface area contributed by atoms with Crippen LogP contribution in [-0.2, 0) is 13.0 Å². The fourth-order valence-corrected chi connectivity index (χ4v) is 2.15. The molecular weight excluding hydrogens is 406 g/mol. The highest BCUT2D eigenvalue weighted by Crippen LogP contribution is 2.04. The van der Waals surface area contributed by atoms with Crippen LogP contribution >= 0.6 is 24.0 Å². The van der Waals surface area contributed by atoms with Crippen LogP contribution in [0.3, 0.4) is 0 Å². The lowest BCUT2D eigenvalue weighted by atomic mass is 10.1. The quantitative estimate of drug-likeness (QED) is 0.403. The highest BCUT2D eigenvalue weighted by molar-refractivity contribution is 14.0. The minimum atomic E-state index is -0.196. The number of guanidine groups is 1. The van der Waals surface area contributed by atoms with Crippen molar-refractivity contribution in [2.45, 2.75) is 19.9 Å². The van der Waals surface area contributed by atoms with Crippen LogP contribution in [0.25, 0.3) is 0 Å². The molecule has 23 heavy (non-hydrogen) atoms. The SMILES string of the molecule is CCNC(=NCCc1cccc(F)c1)NCCn1cccc1.I. The third-order valence-corrected chi connectivity index (χ3v) is 3.23. The molecule has 0 radical (unpaired) electrons. The van der Waals surface area contributed by atoms with Gasteiger partial charge in [-0.3, -0.25) is 4.99 Å². The van der Waals surface area contributed by atoms with Crippen LogP contribution in [0.5, 0.6) is 0 Å². The van der Waals surface area contributed by atoms with Gasteiger partial charge in [0.25, 0.3) is 0 Å². The normalized spacial score (nSPS) is 11.0. The van der Waals surface area contributed by atoms with E-state index in [-0.39, 0.29) is 29.8 Å². The van der Waals surface area contributed by atoms with Crippen molar-refractivity contribution in [1.82, 2.24) is 15.2 Å². The largest absolute Gasteiger partial charge is 0.357 e. The summed E-state index contributed by atoms with van der Waals surface area (Å²) in [6.45, 7) is 5.18. The second kappa shape index (κ2) is 11.0. The molecule has 0 aliphatic heterocycles. The van der Waals surface area contributed by atoms with E-state index in [1.165, 1.54) is 6.07 Å². The summed E-state index contributed by atoms with van der Waals surface area (Å²) in [7, 11) is 0. The van der Waals surface area contributed by atoms with E-state index < -0.39 is 0 Å². The number of aliphatic imine (C=N–C) groups is 1. The molecule has 2 rings (SSSR count). The Labute approximate surface area is 154 Å². The Hall–Kier alpha value is -1.57. The molecule has 1 aromatic carbocycles. The number of nitrogens with zero attached hydrogens (tertiary/aromatic N) is 2. The summed E-state index contributed by atoms with van der Waals surface area (Å²) in [5.41, 5.74) is 0.965. The van der Waals surface area contributed by atoms with Crippen molar-refractivity contribution in [1.29, 1.82) is 0 Å². The number of nitrogens with one attached hydrogen (secondary N) is 2. The summed E-state index contributed by atoms with van der Waals surface area (Å²) >= 11 is 0. The first-order valence-corrected chi connectivity index (χ1v) is 7.65. The fourth-order valence-electron chi connectivity index (χ4n) is 2.15. The molecule has 0 bridgehead atoms. The Morgan fingerprint density at radius 1 is 1.17 bits per heavy atom. The number of hydrogen-bond donors (Lipinski definition) is 2. The van der Waals surface area contributed by atoms with Crippen molar-refractivity contribution in [3.05, 3.63) is 60.2 Å². The zero-order chi connectivity index (χ0) is 15.6. The third-order valence-electron chi connectivity index (χ3n) is 3.23. The van der Waals surface area contributed by atoms with E-state index in [9.17, 15) is 4.39 Å². The number of benzene rings is 1. The zero-order valence-corrected chi connectivity index (χ0v) is 15.7. The van der Waals surface area contributed by atoms with Crippen molar-refractivity contribution in [3.63, 3.8) is 0 Å². The first-order valence-electron chi connectivity index (χ1n) is 7.65. The van der Waals surface area contributed by atoms with Gasteiger partial charge in [0.1, 0.15) is 5.82 Å². The molecule has 2 aromatic rings. The number of halogens is 2. The van der Waals surface area contributed by atoms with E-state index in [1.54, 1.807) is 12.1 Å². The Bertz CT molecular complexity index is 584. The molecule has 0 aliphatic rings. The van der Waals surface area contributed by atoms with Crippen LogP contribution in [0.4, 0.5) is 4.39 Å². The fraction of sp³-hybridized carbons (Fsp3) is 0.353. The Morgan fingerprint density at radius 3 is 2.65 bits per heavy atom. The highest BCUT2D eigenvalue weighted by atomic mass is 127. The van der Waals surface area contributed by atoms with Crippen molar-refractivity contribution >= 4 is 29.9 Å². The first kappa shape index (κ1) is 19.5. The van der Waals surface area contributed by atoms with Gasteiger partial charge in [-0.25, -0.2) is 4.39 Å². The number of aromatic nitrogens is 1. The molecule has 0 unspecified atom stereocenters. The van der Waals surface area contributed by atoms with E-state index in [0.29, 0.717) is 6.54 Å². The maximum absolute atomic E-state index is 13.1. The molecule has 0 aliphatic carbocycles. The van der Waals surface area contributed by atoms with Gasteiger partial charge < -0.3 is 15.2 Å². The van der Waals surface area contributed by atoms with Crippen LogP contribution in [0, 0.1) is 5.82 Å². The molecule has 126 valence electrons. The number of rotatable bonds is 7. The predicted molar refractivity (Wildman–Crippen MR) is 104 cm³/mol. The summed E-state index contributed by atoms with van der Waals surface area (Å²) in [5.74, 6) is 0.601. The molecule has 4 nitrogen and oxygen atoms in total. The first-order chi connectivity index (χ1) is 10.8. The summed E-state index contributed by atoms with van der Waals surface area (Å²) < 4.78 is 15.2. The Kier molecular flexibility index (Phi) is 9.35. The highest BCUT2D eigenvalue weighted by Gasteiger charge is 1.98. The smallest absolute Gasteiger partial charge is 0.191 e. The second-order valence-corrected chi connectivity index (χ2v) is 4.99. The molecule has 0 fully saturated rings. The standard InChI is InChI=1S/C17H23FN4.HI/c1-2-19-17(21-10-13-22-11-3-4-12-22)20-9-8-15-6-5-7-16(18)14-15;/h3-7,11-12,14H,2,8-10,13H2,1H3,(H2,19,20,21);1H. The summed E-state index contributed by atoms with van der Waals surface area (Å²) in [6, 6.07) is 10.7. The molecule has 0 spiro atoms. The van der Waals surface area contributed by atoms with E-state index in [0.717, 1.165) is 37.6 Å². The third kappa shape index (κ3) is 7.49.